The monoisotopic (exact) mass is 405 g/mol. The van der Waals surface area contributed by atoms with Gasteiger partial charge in [0.25, 0.3) is 5.69 Å². The van der Waals surface area contributed by atoms with E-state index in [9.17, 15) is 10.1 Å². The van der Waals surface area contributed by atoms with E-state index in [1.165, 1.54) is 6.07 Å². The predicted octanol–water partition coefficient (Wildman–Crippen LogP) is 5.49. The molecule has 7 heteroatoms. The van der Waals surface area contributed by atoms with Gasteiger partial charge in [0.1, 0.15) is 5.75 Å². The highest BCUT2D eigenvalue weighted by Gasteiger charge is 2.41. The summed E-state index contributed by atoms with van der Waals surface area (Å²) in [4.78, 5) is 10.8. The third-order valence-corrected chi connectivity index (χ3v) is 5.46. The number of halogens is 1. The molecule has 0 aliphatic carbocycles. The van der Waals surface area contributed by atoms with E-state index in [2.05, 4.69) is 0 Å². The quantitative estimate of drug-likeness (QED) is 0.426. The number of ether oxygens (including phenoxy) is 1. The van der Waals surface area contributed by atoms with Gasteiger partial charge < -0.3 is 4.74 Å². The van der Waals surface area contributed by atoms with E-state index in [0.29, 0.717) is 17.0 Å². The minimum Gasteiger partial charge on any atom is -0.464 e. The Labute approximate surface area is 172 Å². The Morgan fingerprint density at radius 1 is 1.07 bits per heavy atom. The molecule has 5 rings (SSSR count). The zero-order valence-corrected chi connectivity index (χ0v) is 16.0. The summed E-state index contributed by atoms with van der Waals surface area (Å²) < 4.78 is 6.24. The maximum absolute atomic E-state index is 11.2. The number of non-ortho nitro benzene ring substituents is 1. The molecule has 3 aromatic rings. The minimum atomic E-state index is -0.560. The van der Waals surface area contributed by atoms with Crippen LogP contribution in [0.3, 0.4) is 0 Å². The summed E-state index contributed by atoms with van der Waals surface area (Å²) in [6.07, 6.45) is 0.140. The third-order valence-electron chi connectivity index (χ3n) is 5.23. The van der Waals surface area contributed by atoms with E-state index in [1.807, 2.05) is 53.5 Å². The maximum atomic E-state index is 11.2. The molecule has 3 aromatic carbocycles. The molecular formula is C22H16ClN3O3. The first kappa shape index (κ1) is 17.7. The smallest absolute Gasteiger partial charge is 0.269 e. The van der Waals surface area contributed by atoms with Gasteiger partial charge >= 0.3 is 0 Å². The van der Waals surface area contributed by atoms with Crippen LogP contribution in [0, 0.1) is 10.1 Å². The van der Waals surface area contributed by atoms with Crippen LogP contribution in [0.2, 0.25) is 5.02 Å². The lowest BCUT2D eigenvalue weighted by atomic mass is 9.96. The maximum Gasteiger partial charge on any atom is 0.269 e. The van der Waals surface area contributed by atoms with Gasteiger partial charge in [0.05, 0.1) is 16.7 Å². The van der Waals surface area contributed by atoms with Crippen LogP contribution in [0.1, 0.15) is 35.4 Å². The van der Waals surface area contributed by atoms with Crippen LogP contribution >= 0.6 is 11.6 Å². The molecule has 0 fully saturated rings. The number of hydrogen-bond acceptors (Lipinski definition) is 5. The Balaban J connectivity index is 1.61. The molecule has 0 saturated heterocycles. The summed E-state index contributed by atoms with van der Waals surface area (Å²) in [6.45, 7) is 0. The molecule has 0 amide bonds. The van der Waals surface area contributed by atoms with Crippen molar-refractivity contribution in [2.24, 2.45) is 5.10 Å². The van der Waals surface area contributed by atoms with E-state index in [-0.39, 0.29) is 11.7 Å². The number of nitro benzene ring substituents is 1. The van der Waals surface area contributed by atoms with Crippen molar-refractivity contribution in [2.75, 3.05) is 0 Å². The number of hydrazone groups is 1. The van der Waals surface area contributed by atoms with Gasteiger partial charge in [0.15, 0.2) is 0 Å². The second-order valence-corrected chi connectivity index (χ2v) is 7.45. The van der Waals surface area contributed by atoms with E-state index < -0.39 is 11.2 Å². The summed E-state index contributed by atoms with van der Waals surface area (Å²) in [6, 6.07) is 22.0. The van der Waals surface area contributed by atoms with Gasteiger partial charge in [-0.1, -0.05) is 54.1 Å². The van der Waals surface area contributed by atoms with E-state index in [4.69, 9.17) is 21.4 Å². The molecule has 2 heterocycles. The highest BCUT2D eigenvalue weighted by atomic mass is 35.5. The van der Waals surface area contributed by atoms with E-state index in [0.717, 1.165) is 22.6 Å². The SMILES string of the molecule is O=[N+]([O-])c1cccc([C@H]2Oc3ccc(Cl)cc3[C@@H]3CC(c4ccccc4)=NN23)c1. The van der Waals surface area contributed by atoms with Gasteiger partial charge in [0.2, 0.25) is 6.23 Å². The molecule has 0 spiro atoms. The van der Waals surface area contributed by atoms with Gasteiger partial charge in [-0.3, -0.25) is 10.1 Å². The lowest BCUT2D eigenvalue weighted by Crippen LogP contribution is -2.33. The van der Waals surface area contributed by atoms with Crippen molar-refractivity contribution in [3.8, 4) is 5.75 Å². The Bertz CT molecular complexity index is 1130. The van der Waals surface area contributed by atoms with Crippen LogP contribution in [0.4, 0.5) is 5.69 Å². The van der Waals surface area contributed by atoms with Crippen molar-refractivity contribution in [3.05, 3.63) is 105 Å². The summed E-state index contributed by atoms with van der Waals surface area (Å²) in [5, 5.41) is 18.6. The summed E-state index contributed by atoms with van der Waals surface area (Å²) in [5.41, 5.74) is 3.67. The molecule has 6 nitrogen and oxygen atoms in total. The van der Waals surface area contributed by atoms with Crippen molar-refractivity contribution in [3.63, 3.8) is 0 Å². The number of nitrogens with zero attached hydrogens (tertiary/aromatic N) is 3. The fourth-order valence-electron chi connectivity index (χ4n) is 3.88. The molecule has 0 unspecified atom stereocenters. The largest absolute Gasteiger partial charge is 0.464 e. The molecular weight excluding hydrogens is 390 g/mol. The normalized spacial score (nSPS) is 19.8. The highest BCUT2D eigenvalue weighted by Crippen LogP contribution is 2.48. The van der Waals surface area contributed by atoms with Crippen LogP contribution in [0.5, 0.6) is 5.75 Å². The highest BCUT2D eigenvalue weighted by molar-refractivity contribution is 6.30. The van der Waals surface area contributed by atoms with Gasteiger partial charge in [-0.15, -0.1) is 0 Å². The second kappa shape index (κ2) is 6.90. The molecule has 2 atom stereocenters. The Hall–Kier alpha value is -3.38. The van der Waals surface area contributed by atoms with Gasteiger partial charge in [-0.05, 0) is 23.8 Å². The Morgan fingerprint density at radius 2 is 1.90 bits per heavy atom. The lowest BCUT2D eigenvalue weighted by Gasteiger charge is -2.38. The number of rotatable bonds is 3. The minimum absolute atomic E-state index is 0.0241. The van der Waals surface area contributed by atoms with Crippen molar-refractivity contribution in [1.82, 2.24) is 5.01 Å². The van der Waals surface area contributed by atoms with Gasteiger partial charge in [-0.25, -0.2) is 5.01 Å². The second-order valence-electron chi connectivity index (χ2n) is 7.02. The van der Waals surface area contributed by atoms with E-state index >= 15 is 0 Å². The fourth-order valence-corrected chi connectivity index (χ4v) is 4.06. The average Bonchev–Trinajstić information content (AvgIpc) is 3.20. The molecule has 0 bridgehead atoms. The first-order valence-electron chi connectivity index (χ1n) is 9.22. The van der Waals surface area contributed by atoms with Gasteiger partial charge in [-0.2, -0.15) is 5.10 Å². The zero-order chi connectivity index (χ0) is 20.0. The van der Waals surface area contributed by atoms with Crippen molar-refractivity contribution in [2.45, 2.75) is 18.7 Å². The number of hydrogen-bond donors (Lipinski definition) is 0. The lowest BCUT2D eigenvalue weighted by molar-refractivity contribution is -0.385. The topological polar surface area (TPSA) is 68.0 Å². The molecule has 0 N–H and O–H groups in total. The average molecular weight is 406 g/mol. The molecule has 2 aliphatic heterocycles. The standard InChI is InChI=1S/C22H16ClN3O3/c23-16-9-10-21-18(12-16)20-13-19(14-5-2-1-3-6-14)24-25(20)22(29-21)15-7-4-8-17(11-15)26(27)28/h1-12,20,22H,13H2/t20-,22+/m0/s1. The molecule has 0 radical (unpaired) electrons. The predicted molar refractivity (Wildman–Crippen MR) is 110 cm³/mol. The third kappa shape index (κ3) is 3.11. The molecule has 2 aliphatic rings. The zero-order valence-electron chi connectivity index (χ0n) is 15.2. The first-order chi connectivity index (χ1) is 14.1. The first-order valence-corrected chi connectivity index (χ1v) is 9.59. The van der Waals surface area contributed by atoms with Crippen molar-refractivity contribution >= 4 is 23.0 Å². The van der Waals surface area contributed by atoms with Crippen molar-refractivity contribution < 1.29 is 9.66 Å². The molecule has 0 saturated carbocycles. The van der Waals surface area contributed by atoms with Crippen molar-refractivity contribution in [1.29, 1.82) is 0 Å². The van der Waals surface area contributed by atoms with E-state index in [1.54, 1.807) is 18.2 Å². The number of benzene rings is 3. The van der Waals surface area contributed by atoms with Crippen LogP contribution in [-0.2, 0) is 0 Å². The van der Waals surface area contributed by atoms with Crippen LogP contribution < -0.4 is 4.74 Å². The number of nitro groups is 1. The van der Waals surface area contributed by atoms with Crippen LogP contribution in [-0.4, -0.2) is 15.6 Å². The fraction of sp³-hybridized carbons (Fsp3) is 0.136. The molecule has 0 aromatic heterocycles. The molecule has 29 heavy (non-hydrogen) atoms. The summed E-state index contributed by atoms with van der Waals surface area (Å²) in [5.74, 6) is 0.719. The Morgan fingerprint density at radius 3 is 2.69 bits per heavy atom. The van der Waals surface area contributed by atoms with Crippen LogP contribution in [0.15, 0.2) is 77.9 Å². The molecule has 144 valence electrons. The number of fused-ring (bicyclic) bond motifs is 3. The summed E-state index contributed by atoms with van der Waals surface area (Å²) in [7, 11) is 0. The van der Waals surface area contributed by atoms with Gasteiger partial charge in [0, 0.05) is 34.7 Å². The summed E-state index contributed by atoms with van der Waals surface area (Å²) >= 11 is 6.24. The van der Waals surface area contributed by atoms with Crippen LogP contribution in [0.25, 0.3) is 0 Å². The Kier molecular flexibility index (Phi) is 4.21.